The zero-order valence-electron chi connectivity index (χ0n) is 13.1. The van der Waals surface area contributed by atoms with E-state index in [1.807, 2.05) is 36.5 Å². The molecule has 1 heterocycles. The summed E-state index contributed by atoms with van der Waals surface area (Å²) >= 11 is 0. The van der Waals surface area contributed by atoms with Crippen molar-refractivity contribution in [3.63, 3.8) is 0 Å². The molecule has 2 aromatic rings. The van der Waals surface area contributed by atoms with Crippen molar-refractivity contribution in [2.24, 2.45) is 5.92 Å². The van der Waals surface area contributed by atoms with Gasteiger partial charge in [-0.15, -0.1) is 0 Å². The van der Waals surface area contributed by atoms with Crippen LogP contribution in [0.2, 0.25) is 0 Å². The van der Waals surface area contributed by atoms with Gasteiger partial charge in [0.15, 0.2) is 0 Å². The van der Waals surface area contributed by atoms with E-state index in [4.69, 9.17) is 4.98 Å². The fourth-order valence-electron chi connectivity index (χ4n) is 3.70. The quantitative estimate of drug-likeness (QED) is 0.868. The molecule has 2 aliphatic carbocycles. The lowest BCUT2D eigenvalue weighted by Crippen LogP contribution is -2.14. The molecule has 2 N–H and O–H groups in total. The van der Waals surface area contributed by atoms with E-state index in [9.17, 15) is 5.11 Å². The molecule has 0 spiro atoms. The number of hydrogen-bond donors (Lipinski definition) is 2. The summed E-state index contributed by atoms with van der Waals surface area (Å²) in [4.78, 5) is 9.19. The van der Waals surface area contributed by atoms with E-state index in [2.05, 4.69) is 10.3 Å². The van der Waals surface area contributed by atoms with Crippen LogP contribution in [-0.2, 0) is 6.42 Å². The van der Waals surface area contributed by atoms with Gasteiger partial charge in [-0.3, -0.25) is 0 Å². The molecule has 2 aliphatic rings. The van der Waals surface area contributed by atoms with Gasteiger partial charge >= 0.3 is 0 Å². The first-order chi connectivity index (χ1) is 11.3. The number of benzene rings is 1. The summed E-state index contributed by atoms with van der Waals surface area (Å²) in [6.07, 6.45) is 8.26. The summed E-state index contributed by atoms with van der Waals surface area (Å²) in [5.41, 5.74) is 4.15. The highest BCUT2D eigenvalue weighted by molar-refractivity contribution is 5.72. The molecule has 1 saturated carbocycles. The van der Waals surface area contributed by atoms with Gasteiger partial charge in [0.25, 0.3) is 0 Å². The summed E-state index contributed by atoms with van der Waals surface area (Å²) in [6.45, 7) is 0. The third-order valence-corrected chi connectivity index (χ3v) is 4.86. The van der Waals surface area contributed by atoms with Crippen LogP contribution in [0, 0.1) is 5.92 Å². The molecular weight excluding hydrogens is 286 g/mol. The minimum absolute atomic E-state index is 0.452. The molecule has 118 valence electrons. The van der Waals surface area contributed by atoms with Gasteiger partial charge in [-0.1, -0.05) is 31.0 Å². The van der Waals surface area contributed by atoms with Crippen molar-refractivity contribution in [2.45, 2.75) is 38.5 Å². The summed E-state index contributed by atoms with van der Waals surface area (Å²) < 4.78 is 0. The van der Waals surface area contributed by atoms with Crippen LogP contribution < -0.4 is 5.32 Å². The topological polar surface area (TPSA) is 58.0 Å². The lowest BCUT2D eigenvalue weighted by molar-refractivity contribution is 0.381. The zero-order chi connectivity index (χ0) is 15.6. The van der Waals surface area contributed by atoms with E-state index < -0.39 is 0 Å². The molecule has 0 atom stereocenters. The fourth-order valence-corrected chi connectivity index (χ4v) is 3.70. The van der Waals surface area contributed by atoms with E-state index in [1.54, 1.807) is 0 Å². The monoisotopic (exact) mass is 307 g/mol. The van der Waals surface area contributed by atoms with E-state index in [0.717, 1.165) is 41.8 Å². The zero-order valence-corrected chi connectivity index (χ0v) is 13.1. The second kappa shape index (κ2) is 6.03. The van der Waals surface area contributed by atoms with Crippen molar-refractivity contribution in [1.29, 1.82) is 0 Å². The number of aliphatic hydroxyl groups is 1. The molecule has 0 amide bonds. The molecule has 4 nitrogen and oxygen atoms in total. The first-order valence-corrected chi connectivity index (χ1v) is 8.41. The largest absolute Gasteiger partial charge is 0.512 e. The number of nitrogens with zero attached hydrogens (tertiary/aromatic N) is 2. The highest BCUT2D eigenvalue weighted by Gasteiger charge is 2.29. The van der Waals surface area contributed by atoms with Gasteiger partial charge < -0.3 is 10.4 Å². The molecule has 1 aromatic heterocycles. The average molecular weight is 307 g/mol. The number of allylic oxidation sites excluding steroid dienone is 2. The van der Waals surface area contributed by atoms with Crippen molar-refractivity contribution >= 4 is 17.2 Å². The lowest BCUT2D eigenvalue weighted by atomic mass is 9.85. The molecule has 1 aromatic carbocycles. The second-order valence-electron chi connectivity index (χ2n) is 6.40. The maximum atomic E-state index is 10.5. The molecule has 1 fully saturated rings. The highest BCUT2D eigenvalue weighted by Crippen LogP contribution is 2.41. The van der Waals surface area contributed by atoms with Crippen molar-refractivity contribution in [3.8, 4) is 0 Å². The first-order valence-electron chi connectivity index (χ1n) is 8.41. The summed E-state index contributed by atoms with van der Waals surface area (Å²) in [7, 11) is 0. The number of aryl methyl sites for hydroxylation is 1. The SMILES string of the molecule is OC1=C(C2CCCC2)c2nc(Nc3ccccc3)ncc2CC1. The maximum Gasteiger partial charge on any atom is 0.227 e. The second-order valence-corrected chi connectivity index (χ2v) is 6.40. The Hall–Kier alpha value is -2.36. The van der Waals surface area contributed by atoms with Gasteiger partial charge in [0.05, 0.1) is 11.5 Å². The Bertz CT molecular complexity index is 734. The minimum Gasteiger partial charge on any atom is -0.512 e. The third-order valence-electron chi connectivity index (χ3n) is 4.86. The summed E-state index contributed by atoms with van der Waals surface area (Å²) in [6, 6.07) is 9.94. The molecule has 0 unspecified atom stereocenters. The minimum atomic E-state index is 0.452. The number of rotatable bonds is 3. The van der Waals surface area contributed by atoms with Gasteiger partial charge in [-0.05, 0) is 42.9 Å². The van der Waals surface area contributed by atoms with Crippen LogP contribution in [0.1, 0.15) is 43.4 Å². The molecule has 0 aliphatic heterocycles. The smallest absolute Gasteiger partial charge is 0.227 e. The highest BCUT2D eigenvalue weighted by atomic mass is 16.3. The summed E-state index contributed by atoms with van der Waals surface area (Å²) in [5, 5.41) is 13.7. The molecule has 23 heavy (non-hydrogen) atoms. The van der Waals surface area contributed by atoms with Gasteiger partial charge in [0, 0.05) is 23.9 Å². The Morgan fingerprint density at radius 1 is 1.04 bits per heavy atom. The van der Waals surface area contributed by atoms with E-state index >= 15 is 0 Å². The number of hydrogen-bond acceptors (Lipinski definition) is 4. The van der Waals surface area contributed by atoms with Crippen molar-refractivity contribution in [3.05, 3.63) is 53.5 Å². The predicted octanol–water partition coefficient (Wildman–Crippen LogP) is 4.63. The number of aliphatic hydroxyl groups excluding tert-OH is 1. The third kappa shape index (κ3) is 2.81. The Morgan fingerprint density at radius 3 is 2.61 bits per heavy atom. The van der Waals surface area contributed by atoms with Crippen LogP contribution in [0.25, 0.3) is 5.57 Å². The van der Waals surface area contributed by atoms with Gasteiger partial charge in [0.1, 0.15) is 0 Å². The molecule has 0 bridgehead atoms. The van der Waals surface area contributed by atoms with Crippen LogP contribution in [0.5, 0.6) is 0 Å². The Balaban J connectivity index is 1.69. The van der Waals surface area contributed by atoms with Gasteiger partial charge in [0.2, 0.25) is 5.95 Å². The van der Waals surface area contributed by atoms with E-state index in [0.29, 0.717) is 24.0 Å². The predicted molar refractivity (Wildman–Crippen MR) is 91.6 cm³/mol. The van der Waals surface area contributed by atoms with Crippen LogP contribution in [-0.4, -0.2) is 15.1 Å². The molecule has 4 rings (SSSR count). The van der Waals surface area contributed by atoms with Crippen molar-refractivity contribution in [1.82, 2.24) is 9.97 Å². The molecule has 0 radical (unpaired) electrons. The first kappa shape index (κ1) is 14.2. The Morgan fingerprint density at radius 2 is 1.83 bits per heavy atom. The Kier molecular flexibility index (Phi) is 3.74. The number of para-hydroxylation sites is 1. The molecular formula is C19H21N3O. The average Bonchev–Trinajstić information content (AvgIpc) is 3.09. The molecule has 0 saturated heterocycles. The van der Waals surface area contributed by atoms with Crippen LogP contribution in [0.3, 0.4) is 0 Å². The van der Waals surface area contributed by atoms with Crippen molar-refractivity contribution in [2.75, 3.05) is 5.32 Å². The molecule has 4 heteroatoms. The van der Waals surface area contributed by atoms with Gasteiger partial charge in [-0.25, -0.2) is 9.97 Å². The number of nitrogens with one attached hydrogen (secondary N) is 1. The normalized spacial score (nSPS) is 18.1. The van der Waals surface area contributed by atoms with Crippen LogP contribution in [0.4, 0.5) is 11.6 Å². The maximum absolute atomic E-state index is 10.5. The Labute approximate surface area is 136 Å². The fraction of sp³-hybridized carbons (Fsp3) is 0.368. The number of fused-ring (bicyclic) bond motifs is 1. The van der Waals surface area contributed by atoms with Gasteiger partial charge in [-0.2, -0.15) is 0 Å². The van der Waals surface area contributed by atoms with Crippen LogP contribution in [0.15, 0.2) is 42.3 Å². The number of aromatic nitrogens is 2. The van der Waals surface area contributed by atoms with E-state index in [-0.39, 0.29) is 0 Å². The van der Waals surface area contributed by atoms with E-state index in [1.165, 1.54) is 12.8 Å². The standard InChI is InChI=1S/C19H21N3O/c23-16-11-10-14-12-20-19(21-15-8-2-1-3-9-15)22-18(14)17(16)13-6-4-5-7-13/h1-3,8-9,12-13,23H,4-7,10-11H2,(H,20,21,22). The summed E-state index contributed by atoms with van der Waals surface area (Å²) in [5.74, 6) is 1.59. The van der Waals surface area contributed by atoms with Crippen molar-refractivity contribution < 1.29 is 5.11 Å². The number of anilines is 2. The lowest BCUT2D eigenvalue weighted by Gasteiger charge is -2.23. The van der Waals surface area contributed by atoms with Crippen LogP contribution >= 0.6 is 0 Å².